The molecule has 0 aliphatic heterocycles. The van der Waals surface area contributed by atoms with Crippen LogP contribution in [-0.4, -0.2) is 20.7 Å². The Morgan fingerprint density at radius 2 is 1.71 bits per heavy atom. The number of amides is 1. The average molecular weight is 369 g/mol. The molecule has 1 amide bonds. The van der Waals surface area contributed by atoms with Crippen molar-refractivity contribution in [1.82, 2.24) is 14.8 Å². The van der Waals surface area contributed by atoms with Crippen LogP contribution in [0.3, 0.4) is 0 Å². The quantitative estimate of drug-likeness (QED) is 0.524. The van der Waals surface area contributed by atoms with Gasteiger partial charge in [0.1, 0.15) is 0 Å². The van der Waals surface area contributed by atoms with Gasteiger partial charge in [-0.1, -0.05) is 30.3 Å². The van der Waals surface area contributed by atoms with E-state index in [0.29, 0.717) is 23.5 Å². The molecule has 4 aromatic rings. The van der Waals surface area contributed by atoms with E-state index in [2.05, 4.69) is 15.4 Å². The van der Waals surface area contributed by atoms with E-state index in [1.807, 2.05) is 53.2 Å². The molecular weight excluding hydrogens is 350 g/mol. The van der Waals surface area contributed by atoms with Crippen LogP contribution in [0.15, 0.2) is 85.2 Å². The van der Waals surface area contributed by atoms with E-state index in [0.717, 1.165) is 17.0 Å². The first-order valence-electron chi connectivity index (χ1n) is 8.89. The number of rotatable bonds is 5. The van der Waals surface area contributed by atoms with E-state index in [4.69, 9.17) is 5.73 Å². The van der Waals surface area contributed by atoms with Gasteiger partial charge in [-0.3, -0.25) is 14.5 Å². The zero-order valence-corrected chi connectivity index (χ0v) is 15.1. The van der Waals surface area contributed by atoms with Crippen LogP contribution in [0.25, 0.3) is 11.4 Å². The van der Waals surface area contributed by atoms with Crippen molar-refractivity contribution in [3.05, 3.63) is 96.3 Å². The second-order valence-electron chi connectivity index (χ2n) is 6.33. The minimum absolute atomic E-state index is 0.197. The Bertz CT molecular complexity index is 1090. The number of nitrogens with zero attached hydrogens (tertiary/aromatic N) is 3. The molecular formula is C22H19N5O. The monoisotopic (exact) mass is 369 g/mol. The van der Waals surface area contributed by atoms with E-state index in [1.54, 1.807) is 36.7 Å². The van der Waals surface area contributed by atoms with Gasteiger partial charge in [0.05, 0.1) is 29.3 Å². The van der Waals surface area contributed by atoms with E-state index in [-0.39, 0.29) is 5.91 Å². The molecule has 0 fully saturated rings. The molecule has 0 unspecified atom stereocenters. The van der Waals surface area contributed by atoms with Gasteiger partial charge in [-0.2, -0.15) is 5.10 Å². The Labute approximate surface area is 162 Å². The minimum atomic E-state index is -0.197. The number of hydrogen-bond acceptors (Lipinski definition) is 4. The molecule has 0 radical (unpaired) electrons. The number of carbonyl (C=O) groups excluding carboxylic acids is 1. The van der Waals surface area contributed by atoms with Crippen LogP contribution in [-0.2, 0) is 6.54 Å². The van der Waals surface area contributed by atoms with Crippen molar-refractivity contribution in [1.29, 1.82) is 0 Å². The zero-order chi connectivity index (χ0) is 19.3. The van der Waals surface area contributed by atoms with E-state index in [1.165, 1.54) is 0 Å². The Hall–Kier alpha value is -3.93. The molecule has 28 heavy (non-hydrogen) atoms. The number of para-hydroxylation sites is 2. The average Bonchev–Trinajstić information content (AvgIpc) is 3.19. The molecule has 138 valence electrons. The highest BCUT2D eigenvalue weighted by Gasteiger charge is 2.10. The van der Waals surface area contributed by atoms with E-state index < -0.39 is 0 Å². The highest BCUT2D eigenvalue weighted by atomic mass is 16.1. The molecule has 3 N–H and O–H groups in total. The third-order valence-corrected chi connectivity index (χ3v) is 4.40. The van der Waals surface area contributed by atoms with Crippen LogP contribution in [0.5, 0.6) is 0 Å². The van der Waals surface area contributed by atoms with Crippen molar-refractivity contribution in [3.63, 3.8) is 0 Å². The highest BCUT2D eigenvalue weighted by Crippen LogP contribution is 2.19. The standard InChI is InChI=1S/C22H19N5O/c23-18-5-1-2-6-19(18)26-22(28)17-10-8-16(9-11-17)15-27-21(12-14-25-27)20-7-3-4-13-24-20/h1-14H,15,23H2,(H,26,28). The van der Waals surface area contributed by atoms with Crippen LogP contribution in [0.1, 0.15) is 15.9 Å². The molecule has 0 aliphatic carbocycles. The summed E-state index contributed by atoms with van der Waals surface area (Å²) in [5.74, 6) is -0.197. The number of nitrogens with two attached hydrogens (primary N) is 1. The Morgan fingerprint density at radius 1 is 0.929 bits per heavy atom. The second kappa shape index (κ2) is 7.75. The number of carbonyl (C=O) groups is 1. The molecule has 0 aliphatic rings. The summed E-state index contributed by atoms with van der Waals surface area (Å²) in [5.41, 5.74) is 10.4. The maximum atomic E-state index is 12.4. The molecule has 6 nitrogen and oxygen atoms in total. The minimum Gasteiger partial charge on any atom is -0.397 e. The SMILES string of the molecule is Nc1ccccc1NC(=O)c1ccc(Cn2nccc2-c2ccccn2)cc1. The first kappa shape index (κ1) is 17.5. The molecule has 2 aromatic heterocycles. The summed E-state index contributed by atoms with van der Waals surface area (Å²) in [6, 6.07) is 22.4. The lowest BCUT2D eigenvalue weighted by atomic mass is 10.1. The fourth-order valence-electron chi connectivity index (χ4n) is 2.93. The summed E-state index contributed by atoms with van der Waals surface area (Å²) in [6.07, 6.45) is 3.52. The van der Waals surface area contributed by atoms with E-state index >= 15 is 0 Å². The van der Waals surface area contributed by atoms with Crippen LogP contribution >= 0.6 is 0 Å². The van der Waals surface area contributed by atoms with Crippen LogP contribution in [0.4, 0.5) is 11.4 Å². The number of pyridine rings is 1. The molecule has 2 aromatic carbocycles. The van der Waals surface area contributed by atoms with Gasteiger partial charge >= 0.3 is 0 Å². The Morgan fingerprint density at radius 3 is 2.46 bits per heavy atom. The summed E-state index contributed by atoms with van der Waals surface area (Å²) in [7, 11) is 0. The van der Waals surface area contributed by atoms with Gasteiger partial charge < -0.3 is 11.1 Å². The first-order valence-corrected chi connectivity index (χ1v) is 8.89. The summed E-state index contributed by atoms with van der Waals surface area (Å²) >= 11 is 0. The lowest BCUT2D eigenvalue weighted by Gasteiger charge is -2.10. The van der Waals surface area contributed by atoms with Crippen LogP contribution in [0, 0.1) is 0 Å². The fraction of sp³-hybridized carbons (Fsp3) is 0.0455. The van der Waals surface area contributed by atoms with Gasteiger partial charge in [0.25, 0.3) is 5.91 Å². The van der Waals surface area contributed by atoms with Gasteiger partial charge in [-0.25, -0.2) is 0 Å². The predicted octanol–water partition coefficient (Wildman–Crippen LogP) is 3.83. The number of aromatic nitrogens is 3. The first-order chi connectivity index (χ1) is 13.7. The van der Waals surface area contributed by atoms with Gasteiger partial charge in [0.2, 0.25) is 0 Å². The molecule has 0 saturated carbocycles. The Balaban J connectivity index is 1.48. The second-order valence-corrected chi connectivity index (χ2v) is 6.33. The lowest BCUT2D eigenvalue weighted by Crippen LogP contribution is -2.13. The van der Waals surface area contributed by atoms with Crippen molar-refractivity contribution in [3.8, 4) is 11.4 Å². The van der Waals surface area contributed by atoms with Crippen molar-refractivity contribution in [2.45, 2.75) is 6.54 Å². The number of hydrogen-bond donors (Lipinski definition) is 2. The zero-order valence-electron chi connectivity index (χ0n) is 15.1. The molecule has 6 heteroatoms. The topological polar surface area (TPSA) is 85.8 Å². The largest absolute Gasteiger partial charge is 0.397 e. The molecule has 0 bridgehead atoms. The van der Waals surface area contributed by atoms with Gasteiger partial charge in [0, 0.05) is 18.0 Å². The summed E-state index contributed by atoms with van der Waals surface area (Å²) in [5, 5.41) is 7.23. The maximum Gasteiger partial charge on any atom is 0.255 e. The summed E-state index contributed by atoms with van der Waals surface area (Å²) in [4.78, 5) is 16.8. The smallest absolute Gasteiger partial charge is 0.255 e. The normalized spacial score (nSPS) is 10.6. The van der Waals surface area contributed by atoms with Crippen LogP contribution in [0.2, 0.25) is 0 Å². The van der Waals surface area contributed by atoms with Crippen molar-refractivity contribution >= 4 is 17.3 Å². The van der Waals surface area contributed by atoms with E-state index in [9.17, 15) is 4.79 Å². The predicted molar refractivity (Wildman–Crippen MR) is 110 cm³/mol. The third-order valence-electron chi connectivity index (χ3n) is 4.40. The highest BCUT2D eigenvalue weighted by molar-refractivity contribution is 6.05. The molecule has 2 heterocycles. The fourth-order valence-corrected chi connectivity index (χ4v) is 2.93. The van der Waals surface area contributed by atoms with Crippen LogP contribution < -0.4 is 11.1 Å². The van der Waals surface area contributed by atoms with Gasteiger partial charge in [-0.15, -0.1) is 0 Å². The van der Waals surface area contributed by atoms with Gasteiger partial charge in [0.15, 0.2) is 0 Å². The summed E-state index contributed by atoms with van der Waals surface area (Å²) < 4.78 is 1.89. The molecule has 4 rings (SSSR count). The molecule has 0 saturated heterocycles. The summed E-state index contributed by atoms with van der Waals surface area (Å²) in [6.45, 7) is 0.590. The Kier molecular flexibility index (Phi) is 4.84. The lowest BCUT2D eigenvalue weighted by molar-refractivity contribution is 0.102. The number of nitrogen functional groups attached to an aromatic ring is 1. The van der Waals surface area contributed by atoms with Crippen molar-refractivity contribution in [2.75, 3.05) is 11.1 Å². The third kappa shape index (κ3) is 3.76. The van der Waals surface area contributed by atoms with Crippen molar-refractivity contribution in [2.24, 2.45) is 0 Å². The maximum absolute atomic E-state index is 12.4. The number of anilines is 2. The number of benzene rings is 2. The van der Waals surface area contributed by atoms with Crippen molar-refractivity contribution < 1.29 is 4.79 Å². The van der Waals surface area contributed by atoms with Gasteiger partial charge in [-0.05, 0) is 48.0 Å². The number of nitrogens with one attached hydrogen (secondary N) is 1. The molecule has 0 atom stereocenters. The molecule has 0 spiro atoms.